The van der Waals surface area contributed by atoms with Gasteiger partial charge in [0.2, 0.25) is 0 Å². The first kappa shape index (κ1) is 14.5. The van der Waals surface area contributed by atoms with Crippen LogP contribution in [0.5, 0.6) is 0 Å². The van der Waals surface area contributed by atoms with Gasteiger partial charge in [0.05, 0.1) is 10.8 Å². The number of nitro groups is 1. The number of ether oxygens (including phenoxy) is 1. The fourth-order valence-corrected chi connectivity index (χ4v) is 2.30. The largest absolute Gasteiger partial charge is 0.461 e. The average molecular weight is 278 g/mol. The van der Waals surface area contributed by atoms with Gasteiger partial charge in [0.25, 0.3) is 5.69 Å². The number of esters is 1. The molecule has 1 aromatic rings. The van der Waals surface area contributed by atoms with Crippen LogP contribution in [0.4, 0.5) is 5.69 Å². The lowest BCUT2D eigenvalue weighted by Crippen LogP contribution is -2.24. The number of carbonyl (C=O) groups is 1. The number of non-ortho nitro benzene ring substituents is 1. The second-order valence-electron chi connectivity index (χ2n) is 5.07. The average Bonchev–Trinajstić information content (AvgIpc) is 2.98. The van der Waals surface area contributed by atoms with Crippen LogP contribution in [-0.2, 0) is 16.1 Å². The smallest absolute Gasteiger partial charge is 0.309 e. The van der Waals surface area contributed by atoms with Crippen LogP contribution in [0.25, 0.3) is 0 Å². The van der Waals surface area contributed by atoms with Gasteiger partial charge in [0.1, 0.15) is 6.61 Å². The minimum atomic E-state index is -0.453. The first-order valence-corrected chi connectivity index (χ1v) is 6.68. The fourth-order valence-electron chi connectivity index (χ4n) is 2.30. The van der Waals surface area contributed by atoms with Gasteiger partial charge >= 0.3 is 5.97 Å². The lowest BCUT2D eigenvalue weighted by Gasteiger charge is -2.16. The maximum Gasteiger partial charge on any atom is 0.309 e. The monoisotopic (exact) mass is 278 g/mol. The van der Waals surface area contributed by atoms with Gasteiger partial charge in [-0.2, -0.15) is 0 Å². The Morgan fingerprint density at radius 1 is 1.50 bits per heavy atom. The van der Waals surface area contributed by atoms with Crippen molar-refractivity contribution in [3.05, 3.63) is 39.9 Å². The van der Waals surface area contributed by atoms with Crippen molar-refractivity contribution in [3.63, 3.8) is 0 Å². The molecule has 1 aliphatic heterocycles. The van der Waals surface area contributed by atoms with Crippen LogP contribution in [0.3, 0.4) is 0 Å². The van der Waals surface area contributed by atoms with Crippen LogP contribution in [0.2, 0.25) is 0 Å². The Morgan fingerprint density at radius 3 is 2.75 bits per heavy atom. The van der Waals surface area contributed by atoms with Crippen molar-refractivity contribution in [2.45, 2.75) is 20.0 Å². The van der Waals surface area contributed by atoms with Crippen molar-refractivity contribution < 1.29 is 14.5 Å². The quantitative estimate of drug-likeness (QED) is 0.505. The first-order chi connectivity index (χ1) is 9.58. The van der Waals surface area contributed by atoms with E-state index in [2.05, 4.69) is 5.32 Å². The Morgan fingerprint density at radius 2 is 2.20 bits per heavy atom. The van der Waals surface area contributed by atoms with E-state index < -0.39 is 4.92 Å². The van der Waals surface area contributed by atoms with Crippen molar-refractivity contribution in [2.75, 3.05) is 13.1 Å². The van der Waals surface area contributed by atoms with Crippen molar-refractivity contribution in [1.82, 2.24) is 5.32 Å². The molecule has 1 aliphatic rings. The molecule has 2 atom stereocenters. The van der Waals surface area contributed by atoms with E-state index in [0.29, 0.717) is 5.92 Å². The van der Waals surface area contributed by atoms with Crippen LogP contribution in [0, 0.1) is 22.0 Å². The fraction of sp³-hybridized carbons (Fsp3) is 0.500. The predicted molar refractivity (Wildman–Crippen MR) is 73.0 cm³/mol. The van der Waals surface area contributed by atoms with Gasteiger partial charge in [-0.15, -0.1) is 0 Å². The third-order valence-corrected chi connectivity index (χ3v) is 3.71. The summed E-state index contributed by atoms with van der Waals surface area (Å²) in [6.45, 7) is 3.84. The minimum Gasteiger partial charge on any atom is -0.461 e. The highest BCUT2D eigenvalue weighted by molar-refractivity contribution is 5.72. The topological polar surface area (TPSA) is 81.5 Å². The molecular weight excluding hydrogens is 260 g/mol. The predicted octanol–water partition coefficient (Wildman–Crippen LogP) is 1.88. The molecule has 6 heteroatoms. The highest BCUT2D eigenvalue weighted by Gasteiger charge is 2.27. The molecule has 1 saturated heterocycles. The van der Waals surface area contributed by atoms with E-state index in [0.717, 1.165) is 25.1 Å². The van der Waals surface area contributed by atoms with Gasteiger partial charge in [-0.1, -0.05) is 6.92 Å². The highest BCUT2D eigenvalue weighted by Crippen LogP contribution is 2.20. The van der Waals surface area contributed by atoms with E-state index in [1.807, 2.05) is 6.92 Å². The number of carbonyl (C=O) groups excluding carboxylic acids is 1. The summed E-state index contributed by atoms with van der Waals surface area (Å²) in [5.41, 5.74) is 0.783. The van der Waals surface area contributed by atoms with E-state index in [-0.39, 0.29) is 24.2 Å². The molecule has 1 N–H and O–H groups in total. The van der Waals surface area contributed by atoms with Gasteiger partial charge in [-0.3, -0.25) is 14.9 Å². The molecule has 1 aromatic carbocycles. The number of nitrogens with zero attached hydrogens (tertiary/aromatic N) is 1. The van der Waals surface area contributed by atoms with Crippen LogP contribution in [0.15, 0.2) is 24.3 Å². The number of rotatable bonds is 5. The standard InChI is InChI=1S/C14H18N2O4/c1-10(12-6-7-15-8-12)14(17)20-9-11-2-4-13(5-3-11)16(18)19/h2-5,10,12,15H,6-9H2,1H3. The first-order valence-electron chi connectivity index (χ1n) is 6.68. The third-order valence-electron chi connectivity index (χ3n) is 3.71. The van der Waals surface area contributed by atoms with Crippen LogP contribution >= 0.6 is 0 Å². The maximum atomic E-state index is 11.9. The molecule has 1 heterocycles. The van der Waals surface area contributed by atoms with Gasteiger partial charge in [-0.25, -0.2) is 0 Å². The van der Waals surface area contributed by atoms with Crippen molar-refractivity contribution in [2.24, 2.45) is 11.8 Å². The Labute approximate surface area is 117 Å². The lowest BCUT2D eigenvalue weighted by atomic mass is 9.93. The van der Waals surface area contributed by atoms with Crippen molar-refractivity contribution in [1.29, 1.82) is 0 Å². The molecule has 6 nitrogen and oxygen atoms in total. The number of benzene rings is 1. The molecule has 0 saturated carbocycles. The summed E-state index contributed by atoms with van der Waals surface area (Å²) >= 11 is 0. The van der Waals surface area contributed by atoms with Crippen LogP contribution in [-0.4, -0.2) is 24.0 Å². The van der Waals surface area contributed by atoms with E-state index in [9.17, 15) is 14.9 Å². The Hall–Kier alpha value is -1.95. The van der Waals surface area contributed by atoms with Crippen LogP contribution < -0.4 is 5.32 Å². The molecule has 2 unspecified atom stereocenters. The van der Waals surface area contributed by atoms with Gasteiger partial charge in [0, 0.05) is 12.1 Å². The van der Waals surface area contributed by atoms with E-state index in [1.54, 1.807) is 12.1 Å². The summed E-state index contributed by atoms with van der Waals surface area (Å²) in [4.78, 5) is 22.0. The summed E-state index contributed by atoms with van der Waals surface area (Å²) < 4.78 is 5.27. The Kier molecular flexibility index (Phi) is 4.68. The zero-order valence-electron chi connectivity index (χ0n) is 11.4. The summed E-state index contributed by atoms with van der Waals surface area (Å²) in [7, 11) is 0. The summed E-state index contributed by atoms with van der Waals surface area (Å²) in [6, 6.07) is 6.03. The summed E-state index contributed by atoms with van der Waals surface area (Å²) in [5.74, 6) is -0.000498. The second kappa shape index (κ2) is 6.47. The zero-order valence-corrected chi connectivity index (χ0v) is 11.4. The van der Waals surface area contributed by atoms with Gasteiger partial charge in [-0.05, 0) is 43.1 Å². The van der Waals surface area contributed by atoms with Crippen LogP contribution in [0.1, 0.15) is 18.9 Å². The molecule has 2 rings (SSSR count). The van der Waals surface area contributed by atoms with Gasteiger partial charge < -0.3 is 10.1 Å². The maximum absolute atomic E-state index is 11.9. The molecule has 0 spiro atoms. The van der Waals surface area contributed by atoms with E-state index in [4.69, 9.17) is 4.74 Å². The normalized spacial score (nSPS) is 19.6. The number of hydrogen-bond acceptors (Lipinski definition) is 5. The third kappa shape index (κ3) is 3.54. The number of hydrogen-bond donors (Lipinski definition) is 1. The Bertz CT molecular complexity index is 480. The van der Waals surface area contributed by atoms with Crippen molar-refractivity contribution >= 4 is 11.7 Å². The molecule has 0 bridgehead atoms. The SMILES string of the molecule is CC(C(=O)OCc1ccc([N+](=O)[O-])cc1)C1CCNC1. The Balaban J connectivity index is 1.84. The molecule has 0 aromatic heterocycles. The summed E-state index contributed by atoms with van der Waals surface area (Å²) in [5, 5.41) is 13.8. The number of nitro benzene ring substituents is 1. The zero-order chi connectivity index (χ0) is 14.5. The lowest BCUT2D eigenvalue weighted by molar-refractivity contribution is -0.384. The number of nitrogens with one attached hydrogen (secondary N) is 1. The highest BCUT2D eigenvalue weighted by atomic mass is 16.6. The molecule has 0 radical (unpaired) electrons. The molecule has 108 valence electrons. The molecular formula is C14H18N2O4. The minimum absolute atomic E-state index is 0.0328. The molecule has 1 fully saturated rings. The van der Waals surface area contributed by atoms with Crippen molar-refractivity contribution in [3.8, 4) is 0 Å². The second-order valence-corrected chi connectivity index (χ2v) is 5.07. The van der Waals surface area contributed by atoms with E-state index in [1.165, 1.54) is 12.1 Å². The summed E-state index contributed by atoms with van der Waals surface area (Å²) in [6.07, 6.45) is 0.994. The van der Waals surface area contributed by atoms with Gasteiger partial charge in [0.15, 0.2) is 0 Å². The van der Waals surface area contributed by atoms with E-state index >= 15 is 0 Å². The molecule has 0 aliphatic carbocycles. The molecule has 20 heavy (non-hydrogen) atoms. The molecule has 0 amide bonds.